The summed E-state index contributed by atoms with van der Waals surface area (Å²) in [7, 11) is 3.77. The molecule has 7 heteroatoms. The highest BCUT2D eigenvalue weighted by atomic mass is 16.6. The molecule has 1 aliphatic heterocycles. The Hall–Kier alpha value is -2.41. The van der Waals surface area contributed by atoms with Crippen LogP contribution < -0.4 is 0 Å². The summed E-state index contributed by atoms with van der Waals surface area (Å²) in [4.78, 5) is 25.4. The Labute approximate surface area is 135 Å². The van der Waals surface area contributed by atoms with Crippen molar-refractivity contribution in [2.24, 2.45) is 5.16 Å². The molecule has 0 bridgehead atoms. The first-order valence-electron chi connectivity index (χ1n) is 7.19. The molecule has 1 aliphatic rings. The lowest BCUT2D eigenvalue weighted by molar-refractivity contribution is -0.159. The third-order valence-corrected chi connectivity index (χ3v) is 3.82. The molecule has 0 aliphatic carbocycles. The van der Waals surface area contributed by atoms with Crippen LogP contribution in [-0.4, -0.2) is 60.5 Å². The third kappa shape index (κ3) is 5.71. The van der Waals surface area contributed by atoms with E-state index in [-0.39, 0.29) is 5.41 Å². The van der Waals surface area contributed by atoms with Crippen LogP contribution in [-0.2, 0) is 19.8 Å². The molecule has 0 spiro atoms. The number of rotatable bonds is 3. The van der Waals surface area contributed by atoms with Gasteiger partial charge in [-0.2, -0.15) is 0 Å². The summed E-state index contributed by atoms with van der Waals surface area (Å²) >= 11 is 0. The zero-order valence-corrected chi connectivity index (χ0v) is 13.3. The van der Waals surface area contributed by atoms with E-state index < -0.39 is 11.9 Å². The molecule has 0 unspecified atom stereocenters. The first kappa shape index (κ1) is 18.6. The fourth-order valence-corrected chi connectivity index (χ4v) is 2.43. The second-order valence-corrected chi connectivity index (χ2v) is 5.35. The van der Waals surface area contributed by atoms with Crippen molar-refractivity contribution in [1.29, 1.82) is 0 Å². The topological polar surface area (TPSA) is 99.4 Å². The van der Waals surface area contributed by atoms with E-state index in [0.717, 1.165) is 25.9 Å². The zero-order chi connectivity index (χ0) is 17.3. The molecule has 0 radical (unpaired) electrons. The maximum Gasteiger partial charge on any atom is 0.414 e. The molecule has 1 aromatic rings. The molecule has 0 saturated carbocycles. The number of aliphatic carboxylic acids is 2. The number of piperidine rings is 1. The molecule has 1 fully saturated rings. The van der Waals surface area contributed by atoms with Crippen LogP contribution in [0.3, 0.4) is 0 Å². The summed E-state index contributed by atoms with van der Waals surface area (Å²) in [5, 5.41) is 18.8. The number of oxime groups is 1. The fourth-order valence-electron chi connectivity index (χ4n) is 2.43. The summed E-state index contributed by atoms with van der Waals surface area (Å²) in [6.45, 7) is 2.20. The largest absolute Gasteiger partial charge is 0.473 e. The van der Waals surface area contributed by atoms with Gasteiger partial charge in [-0.1, -0.05) is 35.5 Å². The van der Waals surface area contributed by atoms with Gasteiger partial charge in [0.05, 0.1) is 6.21 Å². The van der Waals surface area contributed by atoms with E-state index in [9.17, 15) is 0 Å². The van der Waals surface area contributed by atoms with Gasteiger partial charge < -0.3 is 20.0 Å². The molecule has 23 heavy (non-hydrogen) atoms. The average molecular weight is 322 g/mol. The smallest absolute Gasteiger partial charge is 0.414 e. The lowest BCUT2D eigenvalue weighted by Crippen LogP contribution is -2.42. The predicted molar refractivity (Wildman–Crippen MR) is 85.6 cm³/mol. The van der Waals surface area contributed by atoms with Gasteiger partial charge in [0.25, 0.3) is 0 Å². The van der Waals surface area contributed by atoms with Crippen molar-refractivity contribution >= 4 is 18.2 Å². The number of carboxylic acids is 2. The number of carbonyl (C=O) groups is 2. The van der Waals surface area contributed by atoms with Gasteiger partial charge in [-0.3, -0.25) is 0 Å². The van der Waals surface area contributed by atoms with E-state index in [1.807, 2.05) is 6.21 Å². The summed E-state index contributed by atoms with van der Waals surface area (Å²) in [6.07, 6.45) is 4.18. The Bertz CT molecular complexity index is 525. The molecule has 2 rings (SSSR count). The number of hydrogen-bond donors (Lipinski definition) is 2. The molecule has 2 N–H and O–H groups in total. The Morgan fingerprint density at radius 1 is 1.17 bits per heavy atom. The number of nitrogens with zero attached hydrogens (tertiary/aromatic N) is 2. The maximum absolute atomic E-state index is 9.10. The van der Waals surface area contributed by atoms with Crippen LogP contribution in [0.15, 0.2) is 35.5 Å². The molecular formula is C16H22N2O5. The normalized spacial score (nSPS) is 17.1. The monoisotopic (exact) mass is 322 g/mol. The highest BCUT2D eigenvalue weighted by Gasteiger charge is 2.34. The molecule has 0 atom stereocenters. The third-order valence-electron chi connectivity index (χ3n) is 3.82. The predicted octanol–water partition coefficient (Wildman–Crippen LogP) is 1.44. The zero-order valence-electron chi connectivity index (χ0n) is 13.3. The summed E-state index contributed by atoms with van der Waals surface area (Å²) in [6, 6.07) is 10.6. The van der Waals surface area contributed by atoms with Crippen LogP contribution in [0.4, 0.5) is 0 Å². The molecule has 0 aromatic heterocycles. The lowest BCUT2D eigenvalue weighted by Gasteiger charge is -2.38. The van der Waals surface area contributed by atoms with Gasteiger partial charge in [-0.15, -0.1) is 0 Å². The van der Waals surface area contributed by atoms with E-state index in [1.54, 1.807) is 7.11 Å². The molecule has 0 amide bonds. The molecular weight excluding hydrogens is 300 g/mol. The standard InChI is InChI=1S/C14H20N2O.C2H2O4/c1-16-10-8-14(9-11-16,12-15-17-2)13-6-4-3-5-7-13;3-1(4)2(5)6/h3-7,12H,8-11H2,1-2H3;(H,3,4)(H,5,6). The number of benzene rings is 1. The van der Waals surface area contributed by atoms with Crippen molar-refractivity contribution in [3.8, 4) is 0 Å². The molecule has 126 valence electrons. The van der Waals surface area contributed by atoms with Crippen molar-refractivity contribution in [2.75, 3.05) is 27.2 Å². The van der Waals surface area contributed by atoms with Crippen LogP contribution >= 0.6 is 0 Å². The van der Waals surface area contributed by atoms with Gasteiger partial charge in [-0.25, -0.2) is 9.59 Å². The molecule has 1 saturated heterocycles. The minimum absolute atomic E-state index is 0.0454. The second-order valence-electron chi connectivity index (χ2n) is 5.35. The highest BCUT2D eigenvalue weighted by molar-refractivity contribution is 6.27. The van der Waals surface area contributed by atoms with Crippen molar-refractivity contribution in [3.05, 3.63) is 35.9 Å². The molecule has 1 aromatic carbocycles. The van der Waals surface area contributed by atoms with Gasteiger partial charge >= 0.3 is 11.9 Å². The van der Waals surface area contributed by atoms with Crippen LogP contribution in [0.5, 0.6) is 0 Å². The van der Waals surface area contributed by atoms with E-state index in [1.165, 1.54) is 5.56 Å². The minimum atomic E-state index is -1.82. The Balaban J connectivity index is 0.000000379. The van der Waals surface area contributed by atoms with Crippen molar-refractivity contribution < 1.29 is 24.6 Å². The van der Waals surface area contributed by atoms with Gasteiger partial charge in [0.1, 0.15) is 7.11 Å². The van der Waals surface area contributed by atoms with Gasteiger partial charge in [0, 0.05) is 5.41 Å². The molecule has 1 heterocycles. The lowest BCUT2D eigenvalue weighted by atomic mass is 9.74. The molecule has 7 nitrogen and oxygen atoms in total. The van der Waals surface area contributed by atoms with E-state index in [4.69, 9.17) is 24.6 Å². The van der Waals surface area contributed by atoms with Crippen LogP contribution in [0.25, 0.3) is 0 Å². The van der Waals surface area contributed by atoms with Gasteiger partial charge in [0.15, 0.2) is 0 Å². The van der Waals surface area contributed by atoms with Crippen LogP contribution in [0.1, 0.15) is 18.4 Å². The van der Waals surface area contributed by atoms with E-state index in [0.29, 0.717) is 0 Å². The summed E-state index contributed by atoms with van der Waals surface area (Å²) in [5.74, 6) is -3.65. The first-order valence-corrected chi connectivity index (χ1v) is 7.19. The fraction of sp³-hybridized carbons (Fsp3) is 0.438. The van der Waals surface area contributed by atoms with Gasteiger partial charge in [-0.05, 0) is 38.5 Å². The Morgan fingerprint density at radius 2 is 1.70 bits per heavy atom. The quantitative estimate of drug-likeness (QED) is 0.496. The first-order chi connectivity index (χ1) is 10.9. The highest BCUT2D eigenvalue weighted by Crippen LogP contribution is 2.33. The second kappa shape index (κ2) is 8.89. The minimum Gasteiger partial charge on any atom is -0.473 e. The van der Waals surface area contributed by atoms with E-state index >= 15 is 0 Å². The maximum atomic E-state index is 9.10. The van der Waals surface area contributed by atoms with E-state index in [2.05, 4.69) is 47.4 Å². The summed E-state index contributed by atoms with van der Waals surface area (Å²) < 4.78 is 0. The van der Waals surface area contributed by atoms with Gasteiger partial charge in [0.2, 0.25) is 0 Å². The Kier molecular flexibility index (Phi) is 7.21. The number of carboxylic acid groups (broad SMARTS) is 2. The van der Waals surface area contributed by atoms with Crippen LogP contribution in [0, 0.1) is 0 Å². The Morgan fingerprint density at radius 3 is 2.13 bits per heavy atom. The number of likely N-dealkylation sites (tertiary alicyclic amines) is 1. The number of hydrogen-bond acceptors (Lipinski definition) is 5. The SMILES string of the molecule is CON=CC1(c2ccccc2)CCN(C)CC1.O=C(O)C(=O)O. The van der Waals surface area contributed by atoms with Crippen molar-refractivity contribution in [3.63, 3.8) is 0 Å². The van der Waals surface area contributed by atoms with Crippen LogP contribution in [0.2, 0.25) is 0 Å². The average Bonchev–Trinajstić information content (AvgIpc) is 2.56. The summed E-state index contributed by atoms with van der Waals surface area (Å²) in [5.41, 5.74) is 1.39. The van der Waals surface area contributed by atoms with Crippen molar-refractivity contribution in [2.45, 2.75) is 18.3 Å². The van der Waals surface area contributed by atoms with Crippen molar-refractivity contribution in [1.82, 2.24) is 4.90 Å².